The molecule has 0 aromatic heterocycles. The normalized spacial score (nSPS) is 31.5. The fraction of sp³-hybridized carbons (Fsp3) is 0.600. The van der Waals surface area contributed by atoms with Crippen molar-refractivity contribution in [2.45, 2.75) is 17.5 Å². The molecule has 3 N–H and O–H groups in total. The van der Waals surface area contributed by atoms with Crippen molar-refractivity contribution in [1.82, 2.24) is 0 Å². The average Bonchev–Trinajstić information content (AvgIpc) is 2.33. The molecule has 1 aliphatic rings. The van der Waals surface area contributed by atoms with E-state index in [2.05, 4.69) is 9.99 Å². The molecule has 0 fully saturated rings. The van der Waals surface area contributed by atoms with Crippen molar-refractivity contribution in [2.24, 2.45) is 10.9 Å². The Bertz CT molecular complexity index is 196. The lowest BCUT2D eigenvalue weighted by Crippen LogP contribution is -2.45. The van der Waals surface area contributed by atoms with Gasteiger partial charge in [-0.1, -0.05) is 5.16 Å². The van der Waals surface area contributed by atoms with E-state index in [9.17, 15) is 4.79 Å². The third-order valence-corrected chi connectivity index (χ3v) is 1.70. The monoisotopic (exact) mass is 178 g/mol. The molecule has 0 bridgehead atoms. The van der Waals surface area contributed by atoms with Crippen LogP contribution >= 0.6 is 11.6 Å². The first-order chi connectivity index (χ1) is 5.13. The lowest BCUT2D eigenvalue weighted by atomic mass is 10.1. The van der Waals surface area contributed by atoms with E-state index in [1.807, 2.05) is 0 Å². The molecular weight excluding hydrogens is 172 g/mol. The molecule has 1 rings (SSSR count). The summed E-state index contributed by atoms with van der Waals surface area (Å²) >= 11 is 5.60. The second-order valence-corrected chi connectivity index (χ2v) is 2.64. The predicted molar refractivity (Wildman–Crippen MR) is 38.6 cm³/mol. The minimum absolute atomic E-state index is 0.555. The van der Waals surface area contributed by atoms with Crippen LogP contribution in [0.4, 0.5) is 0 Å². The Kier molecular flexibility index (Phi) is 2.31. The molecule has 5 nitrogen and oxygen atoms in total. The number of aliphatic carboxylic acids is 1. The molecule has 1 heterocycles. The van der Waals surface area contributed by atoms with Gasteiger partial charge in [-0.25, -0.2) is 0 Å². The van der Waals surface area contributed by atoms with Crippen LogP contribution in [-0.2, 0) is 9.63 Å². The van der Waals surface area contributed by atoms with Gasteiger partial charge in [0.2, 0.25) is 0 Å². The average molecular weight is 179 g/mol. The highest BCUT2D eigenvalue weighted by atomic mass is 35.5. The molecule has 6 heteroatoms. The number of carboxylic acids is 1. The molecule has 0 aliphatic carbocycles. The van der Waals surface area contributed by atoms with Gasteiger partial charge in [0.1, 0.15) is 11.4 Å². The number of nitrogens with zero attached hydrogens (tertiary/aromatic N) is 1. The Labute approximate surface area is 67.8 Å². The Morgan fingerprint density at radius 3 is 2.91 bits per heavy atom. The highest BCUT2D eigenvalue weighted by Gasteiger charge is 2.35. The van der Waals surface area contributed by atoms with Crippen molar-refractivity contribution in [2.75, 3.05) is 0 Å². The smallest absolute Gasteiger partial charge is 0.324 e. The standard InChI is InChI=1S/C5H7ClN2O3/c6-2-1-8-11-4(2)3(7)5(9)10/h1-4H,7H2,(H,9,10). The number of oxime groups is 1. The largest absolute Gasteiger partial charge is 0.480 e. The van der Waals surface area contributed by atoms with Gasteiger partial charge in [-0.05, 0) is 0 Å². The van der Waals surface area contributed by atoms with E-state index in [4.69, 9.17) is 22.4 Å². The second-order valence-electron chi connectivity index (χ2n) is 2.13. The Balaban J connectivity index is 2.55. The van der Waals surface area contributed by atoms with Crippen molar-refractivity contribution in [3.63, 3.8) is 0 Å². The van der Waals surface area contributed by atoms with E-state index in [0.717, 1.165) is 0 Å². The fourth-order valence-electron chi connectivity index (χ4n) is 0.711. The minimum Gasteiger partial charge on any atom is -0.480 e. The van der Waals surface area contributed by atoms with Crippen LogP contribution < -0.4 is 5.73 Å². The van der Waals surface area contributed by atoms with Crippen molar-refractivity contribution >= 4 is 23.8 Å². The summed E-state index contributed by atoms with van der Waals surface area (Å²) in [4.78, 5) is 14.9. The highest BCUT2D eigenvalue weighted by molar-refractivity contribution is 6.29. The molecule has 62 valence electrons. The van der Waals surface area contributed by atoms with E-state index in [-0.39, 0.29) is 0 Å². The van der Waals surface area contributed by atoms with Gasteiger partial charge in [-0.15, -0.1) is 11.6 Å². The summed E-state index contributed by atoms with van der Waals surface area (Å²) in [5.41, 5.74) is 5.22. The molecule has 0 radical (unpaired) electrons. The van der Waals surface area contributed by atoms with Crippen LogP contribution in [0.3, 0.4) is 0 Å². The van der Waals surface area contributed by atoms with Crippen LogP contribution in [0.15, 0.2) is 5.16 Å². The first-order valence-corrected chi connectivity index (χ1v) is 3.38. The molecule has 0 aromatic rings. The number of rotatable bonds is 2. The number of alkyl halides is 1. The molecule has 3 atom stereocenters. The molecule has 0 amide bonds. The SMILES string of the molecule is NC(C(=O)O)C1ON=CC1Cl. The predicted octanol–water partition coefficient (Wildman–Crippen LogP) is -0.610. The number of nitrogens with two attached hydrogens (primary N) is 1. The fourth-order valence-corrected chi connectivity index (χ4v) is 0.959. The van der Waals surface area contributed by atoms with Gasteiger partial charge in [0, 0.05) is 0 Å². The molecule has 0 aromatic carbocycles. The summed E-state index contributed by atoms with van der Waals surface area (Å²) in [6, 6.07) is -1.13. The summed E-state index contributed by atoms with van der Waals surface area (Å²) in [5, 5.41) is 11.2. The Morgan fingerprint density at radius 1 is 1.91 bits per heavy atom. The molecule has 0 saturated carbocycles. The van der Waals surface area contributed by atoms with E-state index in [1.54, 1.807) is 0 Å². The zero-order valence-corrected chi connectivity index (χ0v) is 6.23. The quantitative estimate of drug-likeness (QED) is 0.553. The lowest BCUT2D eigenvalue weighted by molar-refractivity contribution is -0.141. The van der Waals surface area contributed by atoms with E-state index >= 15 is 0 Å². The first kappa shape index (κ1) is 8.29. The lowest BCUT2D eigenvalue weighted by Gasteiger charge is -2.14. The summed E-state index contributed by atoms with van der Waals surface area (Å²) in [7, 11) is 0. The number of carboxylic acid groups (broad SMARTS) is 1. The van der Waals surface area contributed by atoms with Gasteiger partial charge in [0.15, 0.2) is 6.10 Å². The maximum atomic E-state index is 10.3. The second kappa shape index (κ2) is 3.06. The molecule has 3 unspecified atom stereocenters. The van der Waals surface area contributed by atoms with Crippen LogP contribution in [-0.4, -0.2) is 34.8 Å². The summed E-state index contributed by atoms with van der Waals surface area (Å²) in [5.74, 6) is -1.15. The van der Waals surface area contributed by atoms with Gasteiger partial charge in [-0.2, -0.15) is 0 Å². The Morgan fingerprint density at radius 2 is 2.55 bits per heavy atom. The summed E-state index contributed by atoms with van der Waals surface area (Å²) < 4.78 is 0. The van der Waals surface area contributed by atoms with Crippen LogP contribution in [0.25, 0.3) is 0 Å². The van der Waals surface area contributed by atoms with Crippen LogP contribution in [0.1, 0.15) is 0 Å². The van der Waals surface area contributed by atoms with Crippen molar-refractivity contribution < 1.29 is 14.7 Å². The highest BCUT2D eigenvalue weighted by Crippen LogP contribution is 2.14. The number of hydrogen-bond donors (Lipinski definition) is 2. The number of hydrogen-bond acceptors (Lipinski definition) is 4. The summed E-state index contributed by atoms with van der Waals surface area (Å²) in [6.07, 6.45) is 0.559. The van der Waals surface area contributed by atoms with Crippen molar-refractivity contribution in [3.8, 4) is 0 Å². The minimum atomic E-state index is -1.15. The number of carbonyl (C=O) groups is 1. The molecule has 0 saturated heterocycles. The van der Waals surface area contributed by atoms with E-state index in [0.29, 0.717) is 0 Å². The maximum Gasteiger partial charge on any atom is 0.324 e. The maximum absolute atomic E-state index is 10.3. The van der Waals surface area contributed by atoms with Gasteiger partial charge in [0.25, 0.3) is 0 Å². The third-order valence-electron chi connectivity index (χ3n) is 1.34. The first-order valence-electron chi connectivity index (χ1n) is 2.94. The van der Waals surface area contributed by atoms with Crippen molar-refractivity contribution in [1.29, 1.82) is 0 Å². The van der Waals surface area contributed by atoms with Gasteiger partial charge >= 0.3 is 5.97 Å². The van der Waals surface area contributed by atoms with Crippen molar-refractivity contribution in [3.05, 3.63) is 0 Å². The summed E-state index contributed by atoms with van der Waals surface area (Å²) in [6.45, 7) is 0. The van der Waals surface area contributed by atoms with Crippen LogP contribution in [0.2, 0.25) is 0 Å². The molecule has 11 heavy (non-hydrogen) atoms. The topological polar surface area (TPSA) is 84.9 Å². The van der Waals surface area contributed by atoms with Gasteiger partial charge in [0.05, 0.1) is 6.21 Å². The zero-order chi connectivity index (χ0) is 8.43. The van der Waals surface area contributed by atoms with Crippen LogP contribution in [0, 0.1) is 0 Å². The van der Waals surface area contributed by atoms with Gasteiger partial charge in [-0.3, -0.25) is 4.79 Å². The van der Waals surface area contributed by atoms with Crippen LogP contribution in [0.5, 0.6) is 0 Å². The zero-order valence-electron chi connectivity index (χ0n) is 5.48. The third kappa shape index (κ3) is 1.61. The molecule has 0 spiro atoms. The Hall–Kier alpha value is -0.810. The van der Waals surface area contributed by atoms with E-state index < -0.39 is 23.5 Å². The number of halogens is 1. The molecular formula is C5H7ClN2O3. The van der Waals surface area contributed by atoms with Gasteiger partial charge < -0.3 is 15.7 Å². The molecule has 1 aliphatic heterocycles. The van der Waals surface area contributed by atoms with E-state index in [1.165, 1.54) is 6.21 Å².